The van der Waals surface area contributed by atoms with Gasteiger partial charge in [-0.05, 0) is 43.3 Å². The van der Waals surface area contributed by atoms with E-state index in [2.05, 4.69) is 25.9 Å². The molecule has 4 rings (SSSR count). The third-order valence-corrected chi connectivity index (χ3v) is 5.92. The fraction of sp³-hybridized carbons (Fsp3) is 0.0476. The van der Waals surface area contributed by atoms with Crippen molar-refractivity contribution >= 4 is 37.0 Å². The summed E-state index contributed by atoms with van der Waals surface area (Å²) in [7, 11) is -4.02. The predicted octanol–water partition coefficient (Wildman–Crippen LogP) is 5.14. The van der Waals surface area contributed by atoms with E-state index in [9.17, 15) is 8.42 Å². The van der Waals surface area contributed by atoms with Crippen LogP contribution in [-0.2, 0) is 10.1 Å². The molecule has 5 nitrogen and oxygen atoms in total. The van der Waals surface area contributed by atoms with Gasteiger partial charge in [-0.3, -0.25) is 0 Å². The molecule has 0 unspecified atom stereocenters. The Balaban J connectivity index is 1.83. The van der Waals surface area contributed by atoms with Gasteiger partial charge in [0.25, 0.3) is 0 Å². The van der Waals surface area contributed by atoms with Crippen molar-refractivity contribution in [2.45, 2.75) is 11.8 Å². The fourth-order valence-corrected chi connectivity index (χ4v) is 3.86. The molecule has 3 aromatic carbocycles. The van der Waals surface area contributed by atoms with Crippen molar-refractivity contribution in [2.24, 2.45) is 0 Å². The van der Waals surface area contributed by atoms with Gasteiger partial charge >= 0.3 is 10.1 Å². The van der Waals surface area contributed by atoms with E-state index >= 15 is 0 Å². The highest BCUT2D eigenvalue weighted by molar-refractivity contribution is 9.10. The van der Waals surface area contributed by atoms with Crippen molar-refractivity contribution in [2.75, 3.05) is 0 Å². The number of aromatic nitrogens is 2. The molecule has 1 heterocycles. The van der Waals surface area contributed by atoms with Crippen LogP contribution in [0.1, 0.15) is 5.56 Å². The van der Waals surface area contributed by atoms with Crippen LogP contribution in [0.4, 0.5) is 0 Å². The summed E-state index contributed by atoms with van der Waals surface area (Å²) < 4.78 is 31.9. The molecule has 0 radical (unpaired) electrons. The van der Waals surface area contributed by atoms with Crippen LogP contribution in [0.15, 0.2) is 82.2 Å². The van der Waals surface area contributed by atoms with Gasteiger partial charge in [-0.15, -0.1) is 0 Å². The Morgan fingerprint density at radius 1 is 0.857 bits per heavy atom. The van der Waals surface area contributed by atoms with Gasteiger partial charge in [0.15, 0.2) is 5.82 Å². The Morgan fingerprint density at radius 3 is 2.25 bits per heavy atom. The zero-order valence-electron chi connectivity index (χ0n) is 14.8. The molecule has 4 aromatic rings. The van der Waals surface area contributed by atoms with Crippen LogP contribution < -0.4 is 4.18 Å². The molecule has 28 heavy (non-hydrogen) atoms. The minimum absolute atomic E-state index is 0.00379. The minimum atomic E-state index is -4.02. The summed E-state index contributed by atoms with van der Waals surface area (Å²) in [6, 6.07) is 21.1. The third-order valence-electron chi connectivity index (χ3n) is 4.17. The standard InChI is InChI=1S/C21H15BrN2O3S/c1-14-6-12-17(13-7-14)28(25,26)27-21-18-4-2-3-5-19(18)23-20(24-21)15-8-10-16(22)11-9-15/h2-13H,1H3. The lowest BCUT2D eigenvalue weighted by atomic mass is 10.2. The molecule has 0 spiro atoms. The molecule has 140 valence electrons. The largest absolute Gasteiger partial charge is 0.357 e. The second-order valence-corrected chi connectivity index (χ2v) is 8.69. The maximum absolute atomic E-state index is 12.8. The number of nitrogens with zero attached hydrogens (tertiary/aromatic N) is 2. The molecule has 0 atom stereocenters. The number of para-hydroxylation sites is 1. The number of fused-ring (bicyclic) bond motifs is 1. The first-order valence-electron chi connectivity index (χ1n) is 8.46. The highest BCUT2D eigenvalue weighted by atomic mass is 79.9. The third kappa shape index (κ3) is 3.76. The summed E-state index contributed by atoms with van der Waals surface area (Å²) in [5.74, 6) is 0.393. The van der Waals surface area contributed by atoms with Gasteiger partial charge in [0, 0.05) is 10.0 Å². The van der Waals surface area contributed by atoms with Crippen molar-refractivity contribution in [3.8, 4) is 17.3 Å². The van der Waals surface area contributed by atoms with Crippen LogP contribution >= 0.6 is 15.9 Å². The van der Waals surface area contributed by atoms with Crippen molar-refractivity contribution in [3.05, 3.63) is 82.8 Å². The highest BCUT2D eigenvalue weighted by Crippen LogP contribution is 2.29. The van der Waals surface area contributed by atoms with Gasteiger partial charge in [0.05, 0.1) is 10.9 Å². The van der Waals surface area contributed by atoms with Gasteiger partial charge in [0.2, 0.25) is 5.88 Å². The fourth-order valence-electron chi connectivity index (χ4n) is 2.70. The van der Waals surface area contributed by atoms with Crippen molar-refractivity contribution < 1.29 is 12.6 Å². The smallest absolute Gasteiger partial charge is 0.340 e. The van der Waals surface area contributed by atoms with E-state index in [1.54, 1.807) is 30.3 Å². The first-order chi connectivity index (χ1) is 13.4. The van der Waals surface area contributed by atoms with E-state index in [1.807, 2.05) is 37.3 Å². The maximum atomic E-state index is 12.8. The van der Waals surface area contributed by atoms with Gasteiger partial charge in [-0.1, -0.05) is 57.9 Å². The van der Waals surface area contributed by atoms with Gasteiger partial charge in [-0.25, -0.2) is 4.98 Å². The van der Waals surface area contributed by atoms with E-state index in [-0.39, 0.29) is 10.8 Å². The second kappa shape index (κ2) is 7.33. The average molecular weight is 455 g/mol. The summed E-state index contributed by atoms with van der Waals surface area (Å²) in [6.07, 6.45) is 0. The van der Waals surface area contributed by atoms with Crippen LogP contribution in [0.25, 0.3) is 22.3 Å². The topological polar surface area (TPSA) is 69.2 Å². The molecule has 0 bridgehead atoms. The molecule has 0 fully saturated rings. The number of hydrogen-bond donors (Lipinski definition) is 0. The van der Waals surface area contributed by atoms with E-state index in [4.69, 9.17) is 4.18 Å². The molecule has 7 heteroatoms. The van der Waals surface area contributed by atoms with E-state index in [1.165, 1.54) is 12.1 Å². The second-order valence-electron chi connectivity index (χ2n) is 6.23. The van der Waals surface area contributed by atoms with Gasteiger partial charge < -0.3 is 4.18 Å². The highest BCUT2D eigenvalue weighted by Gasteiger charge is 2.20. The SMILES string of the molecule is Cc1ccc(S(=O)(=O)Oc2nc(-c3ccc(Br)cc3)nc3ccccc23)cc1. The van der Waals surface area contributed by atoms with Crippen LogP contribution in [0.5, 0.6) is 5.88 Å². The summed E-state index contributed by atoms with van der Waals surface area (Å²) in [5, 5.41) is 0.527. The number of halogens is 1. The quantitative estimate of drug-likeness (QED) is 0.399. The van der Waals surface area contributed by atoms with E-state index < -0.39 is 10.1 Å². The van der Waals surface area contributed by atoms with Crippen LogP contribution in [0.3, 0.4) is 0 Å². The summed E-state index contributed by atoms with van der Waals surface area (Å²) in [5.41, 5.74) is 2.32. The molecule has 0 amide bonds. The molecule has 0 aliphatic carbocycles. The Kier molecular flexibility index (Phi) is 4.87. The molecular weight excluding hydrogens is 440 g/mol. The van der Waals surface area contributed by atoms with Crippen LogP contribution in [-0.4, -0.2) is 18.4 Å². The van der Waals surface area contributed by atoms with Gasteiger partial charge in [-0.2, -0.15) is 13.4 Å². The zero-order valence-corrected chi connectivity index (χ0v) is 17.2. The molecule has 0 aliphatic heterocycles. The lowest BCUT2D eigenvalue weighted by molar-refractivity contribution is 0.479. The minimum Gasteiger partial charge on any atom is -0.357 e. The Morgan fingerprint density at radius 2 is 1.54 bits per heavy atom. The van der Waals surface area contributed by atoms with Crippen LogP contribution in [0.2, 0.25) is 0 Å². The Labute approximate surface area is 171 Å². The molecule has 0 aliphatic rings. The van der Waals surface area contributed by atoms with Crippen LogP contribution in [0, 0.1) is 6.92 Å². The van der Waals surface area contributed by atoms with Crippen molar-refractivity contribution in [1.82, 2.24) is 9.97 Å². The number of hydrogen-bond acceptors (Lipinski definition) is 5. The summed E-state index contributed by atoms with van der Waals surface area (Å²) in [4.78, 5) is 9.03. The lowest BCUT2D eigenvalue weighted by Crippen LogP contribution is -2.11. The Hall–Kier alpha value is -2.77. The van der Waals surface area contributed by atoms with E-state index in [0.29, 0.717) is 16.7 Å². The summed E-state index contributed by atoms with van der Waals surface area (Å²) in [6.45, 7) is 1.89. The average Bonchev–Trinajstić information content (AvgIpc) is 2.68. The molecule has 1 aromatic heterocycles. The van der Waals surface area contributed by atoms with Gasteiger partial charge in [0.1, 0.15) is 4.90 Å². The maximum Gasteiger partial charge on any atom is 0.340 e. The monoisotopic (exact) mass is 454 g/mol. The first-order valence-corrected chi connectivity index (χ1v) is 10.7. The predicted molar refractivity (Wildman–Crippen MR) is 112 cm³/mol. The lowest BCUT2D eigenvalue weighted by Gasteiger charge is -2.11. The zero-order chi connectivity index (χ0) is 19.7. The van der Waals surface area contributed by atoms with Crippen molar-refractivity contribution in [1.29, 1.82) is 0 Å². The first kappa shape index (κ1) is 18.6. The normalized spacial score (nSPS) is 11.5. The Bertz CT molecular complexity index is 1260. The molecular formula is C21H15BrN2O3S. The molecule has 0 saturated heterocycles. The molecule has 0 saturated carbocycles. The summed E-state index contributed by atoms with van der Waals surface area (Å²) >= 11 is 3.40. The van der Waals surface area contributed by atoms with E-state index in [0.717, 1.165) is 15.6 Å². The number of aryl methyl sites for hydroxylation is 1. The molecule has 0 N–H and O–H groups in total. The number of benzene rings is 3. The van der Waals surface area contributed by atoms with Crippen molar-refractivity contribution in [3.63, 3.8) is 0 Å². The number of rotatable bonds is 4.